The number of nitrogens with two attached hydrogens (primary N) is 1. The maximum Gasteiger partial charge on any atom is 0.309 e. The number of Topliss-reactive ketones (excluding diaryl/α,β-unsaturated/α-hetero) is 1. The molecule has 3 heterocycles. The maximum atomic E-state index is 13.2. The average Bonchev–Trinajstić information content (AvgIpc) is 3.23. The Morgan fingerprint density at radius 2 is 1.97 bits per heavy atom. The molecule has 200 valence electrons. The summed E-state index contributed by atoms with van der Waals surface area (Å²) in [6.07, 6.45) is 3.66. The first-order valence-corrected chi connectivity index (χ1v) is 13.4. The second-order valence-corrected chi connectivity index (χ2v) is 11.9. The van der Waals surface area contributed by atoms with E-state index in [4.69, 9.17) is 15.2 Å². The number of carbonyl (C=O) groups is 2. The number of aliphatic hydroxyl groups excluding tert-OH is 2. The van der Waals surface area contributed by atoms with Crippen LogP contribution in [-0.4, -0.2) is 57.0 Å². The highest BCUT2D eigenvalue weighted by Crippen LogP contribution is 2.44. The van der Waals surface area contributed by atoms with Crippen molar-refractivity contribution in [3.05, 3.63) is 33.8 Å². The van der Waals surface area contributed by atoms with Gasteiger partial charge in [-0.15, -0.1) is 11.3 Å². The number of hydrogen-bond donors (Lipinski definition) is 3. The molecule has 36 heavy (non-hydrogen) atoms. The molecular formula is C27H40N2O6S. The van der Waals surface area contributed by atoms with Crippen molar-refractivity contribution < 1.29 is 29.3 Å². The number of fused-ring (bicyclic) bond motifs is 1. The molecule has 2 aliphatic heterocycles. The first-order valence-electron chi connectivity index (χ1n) is 12.6. The lowest BCUT2D eigenvalue weighted by atomic mass is 9.73. The van der Waals surface area contributed by atoms with E-state index in [2.05, 4.69) is 4.98 Å². The van der Waals surface area contributed by atoms with Gasteiger partial charge in [-0.2, -0.15) is 0 Å². The van der Waals surface area contributed by atoms with Crippen LogP contribution in [0, 0.1) is 17.3 Å². The number of carbonyl (C=O) groups excluding carboxylic acids is 2. The van der Waals surface area contributed by atoms with Gasteiger partial charge in [0, 0.05) is 30.2 Å². The zero-order valence-electron chi connectivity index (χ0n) is 22.1. The second kappa shape index (κ2) is 11.2. The summed E-state index contributed by atoms with van der Waals surface area (Å²) >= 11 is 1.47. The van der Waals surface area contributed by atoms with Gasteiger partial charge in [0.25, 0.3) is 0 Å². The van der Waals surface area contributed by atoms with Gasteiger partial charge in [0.05, 0.1) is 41.4 Å². The molecule has 4 N–H and O–H groups in total. The predicted octanol–water partition coefficient (Wildman–Crippen LogP) is 3.40. The van der Waals surface area contributed by atoms with Crippen LogP contribution in [0.3, 0.4) is 0 Å². The maximum absolute atomic E-state index is 13.2. The van der Waals surface area contributed by atoms with Gasteiger partial charge in [0.15, 0.2) is 0 Å². The van der Waals surface area contributed by atoms with Crippen molar-refractivity contribution in [1.82, 2.24) is 4.98 Å². The molecule has 1 fully saturated rings. The van der Waals surface area contributed by atoms with E-state index in [1.54, 1.807) is 20.8 Å². The van der Waals surface area contributed by atoms with E-state index >= 15 is 0 Å². The third-order valence-electron chi connectivity index (χ3n) is 7.62. The highest BCUT2D eigenvalue weighted by molar-refractivity contribution is 7.09. The number of epoxide rings is 1. The molecule has 1 aromatic heterocycles. The third kappa shape index (κ3) is 6.50. The Balaban J connectivity index is 1.89. The molecule has 7 atom stereocenters. The van der Waals surface area contributed by atoms with Gasteiger partial charge in [-0.05, 0) is 31.9 Å². The van der Waals surface area contributed by atoms with Gasteiger partial charge in [0.2, 0.25) is 0 Å². The third-order valence-corrected chi connectivity index (χ3v) is 8.51. The number of rotatable bonds is 3. The standard InChI is InChI=1S/C27H40N2O6S/c1-15-8-7-9-27(6)21(35-27)11-19(16(2)10-18-14-36-22(13-28)29-18)34-23(31)12-20(30)26(4,5)25(33)17(3)24(15)32/h7-8,10,14-15,17,19-21,24,30,32H,9,11-13,28H2,1-6H3/b8-7+,16-10+/t15-,17+,19-,20-,21?,24-,27?/m0/s1. The zero-order chi connectivity index (χ0) is 26.8. The van der Waals surface area contributed by atoms with E-state index in [9.17, 15) is 19.8 Å². The Morgan fingerprint density at radius 1 is 1.28 bits per heavy atom. The topological polar surface area (TPSA) is 135 Å². The number of cyclic esters (lactones) is 1. The summed E-state index contributed by atoms with van der Waals surface area (Å²) in [7, 11) is 0. The molecule has 8 nitrogen and oxygen atoms in total. The molecule has 0 aromatic carbocycles. The van der Waals surface area contributed by atoms with E-state index < -0.39 is 41.2 Å². The molecule has 9 heteroatoms. The number of aromatic nitrogens is 1. The van der Waals surface area contributed by atoms with Crippen LogP contribution in [0.1, 0.15) is 71.5 Å². The average molecular weight is 521 g/mol. The minimum Gasteiger partial charge on any atom is -0.458 e. The molecule has 2 unspecified atom stereocenters. The summed E-state index contributed by atoms with van der Waals surface area (Å²) in [5, 5.41) is 24.4. The lowest BCUT2D eigenvalue weighted by Crippen LogP contribution is -2.45. The predicted molar refractivity (Wildman–Crippen MR) is 139 cm³/mol. The number of ether oxygens (including phenoxy) is 2. The molecule has 2 aliphatic rings. The number of nitrogens with zero attached hydrogens (tertiary/aromatic N) is 1. The monoisotopic (exact) mass is 520 g/mol. The van der Waals surface area contributed by atoms with Crippen LogP contribution >= 0.6 is 11.3 Å². The van der Waals surface area contributed by atoms with Gasteiger partial charge in [0.1, 0.15) is 16.9 Å². The lowest BCUT2D eigenvalue weighted by Gasteiger charge is -2.34. The van der Waals surface area contributed by atoms with Crippen molar-refractivity contribution in [2.45, 2.75) is 97.4 Å². The smallest absolute Gasteiger partial charge is 0.309 e. The summed E-state index contributed by atoms with van der Waals surface area (Å²) in [6.45, 7) is 11.0. The van der Waals surface area contributed by atoms with E-state index in [0.717, 1.165) is 16.3 Å². The Morgan fingerprint density at radius 3 is 2.61 bits per heavy atom. The molecule has 3 rings (SSSR count). The molecule has 0 aliphatic carbocycles. The van der Waals surface area contributed by atoms with Crippen LogP contribution in [-0.2, 0) is 25.6 Å². The summed E-state index contributed by atoms with van der Waals surface area (Å²) < 4.78 is 11.9. The fourth-order valence-electron chi connectivity index (χ4n) is 4.71. The second-order valence-electron chi connectivity index (χ2n) is 11.0. The molecular weight excluding hydrogens is 480 g/mol. The first-order chi connectivity index (χ1) is 16.8. The molecule has 1 aromatic rings. The normalized spacial score (nSPS) is 37.2. The molecule has 0 spiro atoms. The highest BCUT2D eigenvalue weighted by atomic mass is 32.1. The highest BCUT2D eigenvalue weighted by Gasteiger charge is 2.52. The fraction of sp³-hybridized carbons (Fsp3) is 0.667. The van der Waals surface area contributed by atoms with Crippen molar-refractivity contribution in [3.8, 4) is 0 Å². The van der Waals surface area contributed by atoms with Gasteiger partial charge in [-0.1, -0.05) is 39.8 Å². The largest absolute Gasteiger partial charge is 0.458 e. The summed E-state index contributed by atoms with van der Waals surface area (Å²) in [6, 6.07) is 0. The fourth-order valence-corrected chi connectivity index (χ4v) is 5.34. The van der Waals surface area contributed by atoms with E-state index in [0.29, 0.717) is 19.4 Å². The van der Waals surface area contributed by atoms with Gasteiger partial charge in [-0.3, -0.25) is 9.59 Å². The Kier molecular flexibility index (Phi) is 8.94. The molecule has 0 bridgehead atoms. The van der Waals surface area contributed by atoms with E-state index in [-0.39, 0.29) is 24.2 Å². The number of ketones is 1. The Labute approximate surface area is 217 Å². The Hall–Kier alpha value is -1.91. The van der Waals surface area contributed by atoms with Crippen LogP contribution in [0.5, 0.6) is 0 Å². The minimum atomic E-state index is -1.26. The zero-order valence-corrected chi connectivity index (χ0v) is 22.9. The number of aliphatic hydroxyl groups is 2. The van der Waals surface area contributed by atoms with Crippen molar-refractivity contribution in [3.63, 3.8) is 0 Å². The quantitative estimate of drug-likeness (QED) is 0.313. The van der Waals surface area contributed by atoms with Gasteiger partial charge >= 0.3 is 5.97 Å². The summed E-state index contributed by atoms with van der Waals surface area (Å²) in [4.78, 5) is 30.6. The van der Waals surface area contributed by atoms with E-state index in [1.807, 2.05) is 44.4 Å². The van der Waals surface area contributed by atoms with Gasteiger partial charge < -0.3 is 25.4 Å². The number of esters is 1. The van der Waals surface area contributed by atoms with Crippen molar-refractivity contribution in [2.24, 2.45) is 23.0 Å². The molecule has 0 radical (unpaired) electrons. The minimum absolute atomic E-state index is 0.117. The van der Waals surface area contributed by atoms with Crippen LogP contribution in [0.25, 0.3) is 6.08 Å². The van der Waals surface area contributed by atoms with E-state index in [1.165, 1.54) is 11.3 Å². The first kappa shape index (κ1) is 28.7. The van der Waals surface area contributed by atoms with Crippen LogP contribution < -0.4 is 5.73 Å². The molecule has 1 saturated heterocycles. The number of thiazole rings is 1. The number of hydrogen-bond acceptors (Lipinski definition) is 9. The summed E-state index contributed by atoms with van der Waals surface area (Å²) in [5.74, 6) is -1.87. The SMILES string of the molecule is C/C(=C\c1csc(CN)n1)[C@@H]1CC2OC2(C)C/C=C/[C@H](C)[C@H](O)[C@@H](C)C(=O)C(C)(C)[C@@H](O)CC(=O)O1. The van der Waals surface area contributed by atoms with Crippen LogP contribution in [0.2, 0.25) is 0 Å². The van der Waals surface area contributed by atoms with Crippen molar-refractivity contribution in [2.75, 3.05) is 0 Å². The summed E-state index contributed by atoms with van der Waals surface area (Å²) in [5.41, 5.74) is 5.59. The van der Waals surface area contributed by atoms with Crippen LogP contribution in [0.15, 0.2) is 23.1 Å². The van der Waals surface area contributed by atoms with Crippen molar-refractivity contribution >= 4 is 29.2 Å². The van der Waals surface area contributed by atoms with Crippen LogP contribution in [0.4, 0.5) is 0 Å². The van der Waals surface area contributed by atoms with Crippen molar-refractivity contribution in [1.29, 1.82) is 0 Å². The molecule has 0 saturated carbocycles. The Bertz CT molecular complexity index is 1020. The lowest BCUT2D eigenvalue weighted by molar-refractivity contribution is -0.154. The van der Waals surface area contributed by atoms with Gasteiger partial charge in [-0.25, -0.2) is 4.98 Å². The molecule has 0 amide bonds.